The van der Waals surface area contributed by atoms with Crippen LogP contribution in [0.4, 0.5) is 8.78 Å². The normalized spacial score (nSPS) is 29.1. The second-order valence-electron chi connectivity index (χ2n) is 2.96. The molecule has 0 aromatic heterocycles. The molecule has 0 aliphatic heterocycles. The highest BCUT2D eigenvalue weighted by atomic mass is 19.3. The van der Waals surface area contributed by atoms with Gasteiger partial charge in [0.25, 0.3) is 6.08 Å². The van der Waals surface area contributed by atoms with Gasteiger partial charge in [0, 0.05) is 6.42 Å². The summed E-state index contributed by atoms with van der Waals surface area (Å²) in [6.45, 7) is 0. The third-order valence-electron chi connectivity index (χ3n) is 2.12. The minimum Gasteiger partial charge on any atom is -0.481 e. The predicted molar refractivity (Wildman–Crippen MR) is 36.3 cm³/mol. The number of carboxylic acids is 1. The maximum absolute atomic E-state index is 12.1. The first-order valence-corrected chi connectivity index (χ1v) is 3.62. The minimum atomic E-state index is -1.77. The number of carboxylic acid groups (broad SMARTS) is 1. The molecule has 0 heterocycles. The Bertz CT molecular complexity index is 236. The van der Waals surface area contributed by atoms with E-state index in [1.165, 1.54) is 0 Å². The zero-order valence-corrected chi connectivity index (χ0v) is 6.39. The van der Waals surface area contributed by atoms with E-state index in [4.69, 9.17) is 5.11 Å². The summed E-state index contributed by atoms with van der Waals surface area (Å²) in [6, 6.07) is -0.531. The van der Waals surface area contributed by atoms with Gasteiger partial charge in [-0.25, -0.2) is 0 Å². The average Bonchev–Trinajstić information content (AvgIpc) is 2.30. The number of aliphatic carboxylic acids is 1. The molecule has 0 spiro atoms. The lowest BCUT2D eigenvalue weighted by molar-refractivity contribution is -0.405. The Morgan fingerprint density at radius 1 is 1.58 bits per heavy atom. The topological polar surface area (TPSA) is 64.9 Å². The first-order valence-electron chi connectivity index (χ1n) is 3.62. The molecule has 68 valence electrons. The van der Waals surface area contributed by atoms with Gasteiger partial charge in [0.2, 0.25) is 0 Å². The van der Waals surface area contributed by atoms with Crippen molar-refractivity contribution in [3.05, 3.63) is 11.7 Å². The van der Waals surface area contributed by atoms with Crippen LogP contribution in [0.15, 0.2) is 11.7 Å². The molecule has 1 rings (SSSR count). The van der Waals surface area contributed by atoms with Gasteiger partial charge in [-0.1, -0.05) is 0 Å². The van der Waals surface area contributed by atoms with Crippen molar-refractivity contribution in [2.45, 2.75) is 18.9 Å². The van der Waals surface area contributed by atoms with Crippen LogP contribution in [-0.4, -0.2) is 17.1 Å². The molecule has 0 aromatic carbocycles. The summed E-state index contributed by atoms with van der Waals surface area (Å²) >= 11 is 0. The van der Waals surface area contributed by atoms with Gasteiger partial charge in [-0.3, -0.25) is 4.79 Å². The van der Waals surface area contributed by atoms with E-state index in [0.29, 0.717) is 0 Å². The van der Waals surface area contributed by atoms with Crippen LogP contribution in [0.5, 0.6) is 0 Å². The predicted octanol–water partition coefficient (Wildman–Crippen LogP) is 0.242. The van der Waals surface area contributed by atoms with Crippen LogP contribution in [0.1, 0.15) is 12.8 Å². The molecule has 0 saturated heterocycles. The van der Waals surface area contributed by atoms with E-state index >= 15 is 0 Å². The summed E-state index contributed by atoms with van der Waals surface area (Å²) in [6.07, 6.45) is -1.59. The highest BCUT2D eigenvalue weighted by Gasteiger charge is 2.36. The first kappa shape index (κ1) is 9.12. The first-order chi connectivity index (χ1) is 5.52. The second kappa shape index (κ2) is 3.18. The van der Waals surface area contributed by atoms with Crippen LogP contribution < -0.4 is 5.73 Å². The van der Waals surface area contributed by atoms with Gasteiger partial charge in [-0.05, 0) is 6.42 Å². The number of quaternary nitrogens is 1. The highest BCUT2D eigenvalue weighted by Crippen LogP contribution is 2.31. The van der Waals surface area contributed by atoms with E-state index in [2.05, 4.69) is 5.73 Å². The molecule has 0 aromatic rings. The molecule has 0 unspecified atom stereocenters. The fraction of sp³-hybridized carbons (Fsp3) is 0.571. The molecule has 0 radical (unpaired) electrons. The molecule has 1 fully saturated rings. The Labute approximate surface area is 67.9 Å². The fourth-order valence-electron chi connectivity index (χ4n) is 1.42. The number of halogens is 2. The zero-order chi connectivity index (χ0) is 9.30. The molecule has 0 amide bonds. The zero-order valence-electron chi connectivity index (χ0n) is 6.39. The van der Waals surface area contributed by atoms with Crippen molar-refractivity contribution in [3.8, 4) is 0 Å². The van der Waals surface area contributed by atoms with Crippen molar-refractivity contribution in [3.63, 3.8) is 0 Å². The molecule has 0 bridgehead atoms. The van der Waals surface area contributed by atoms with Gasteiger partial charge in [0.1, 0.15) is 6.04 Å². The molecule has 1 aliphatic rings. The van der Waals surface area contributed by atoms with Crippen molar-refractivity contribution >= 4 is 5.97 Å². The van der Waals surface area contributed by atoms with Gasteiger partial charge < -0.3 is 10.8 Å². The Balaban J connectivity index is 2.76. The van der Waals surface area contributed by atoms with Crippen LogP contribution in [0.2, 0.25) is 0 Å². The summed E-state index contributed by atoms with van der Waals surface area (Å²) in [5, 5.41) is 8.54. The quantitative estimate of drug-likeness (QED) is 0.604. The van der Waals surface area contributed by atoms with Crippen LogP contribution in [0.25, 0.3) is 0 Å². The maximum atomic E-state index is 12.1. The van der Waals surface area contributed by atoms with Crippen molar-refractivity contribution < 1.29 is 24.4 Å². The van der Waals surface area contributed by atoms with E-state index in [1.807, 2.05) is 0 Å². The molecule has 5 heteroatoms. The van der Waals surface area contributed by atoms with Gasteiger partial charge in [-0.15, -0.1) is 0 Å². The number of hydrogen-bond donors (Lipinski definition) is 2. The smallest absolute Gasteiger partial charge is 0.307 e. The van der Waals surface area contributed by atoms with Crippen molar-refractivity contribution in [2.75, 3.05) is 0 Å². The monoisotopic (exact) mass is 178 g/mol. The van der Waals surface area contributed by atoms with Crippen LogP contribution in [0.3, 0.4) is 0 Å². The summed E-state index contributed by atoms with van der Waals surface area (Å²) in [5.74, 6) is -1.69. The van der Waals surface area contributed by atoms with E-state index in [-0.39, 0.29) is 18.4 Å². The lowest BCUT2D eigenvalue weighted by Gasteiger charge is -1.97. The third-order valence-corrected chi connectivity index (χ3v) is 2.12. The van der Waals surface area contributed by atoms with Crippen LogP contribution in [-0.2, 0) is 4.79 Å². The maximum Gasteiger partial charge on any atom is 0.307 e. The fourth-order valence-corrected chi connectivity index (χ4v) is 1.42. The molecule has 4 N–H and O–H groups in total. The van der Waals surface area contributed by atoms with Gasteiger partial charge >= 0.3 is 5.97 Å². The Kier molecular flexibility index (Phi) is 2.42. The van der Waals surface area contributed by atoms with Crippen molar-refractivity contribution in [1.29, 1.82) is 0 Å². The van der Waals surface area contributed by atoms with Gasteiger partial charge in [0.15, 0.2) is 0 Å². The summed E-state index contributed by atoms with van der Waals surface area (Å²) < 4.78 is 24.1. The van der Waals surface area contributed by atoms with Crippen molar-refractivity contribution in [2.24, 2.45) is 5.92 Å². The average molecular weight is 178 g/mol. The molecule has 12 heavy (non-hydrogen) atoms. The number of hydrogen-bond acceptors (Lipinski definition) is 1. The Morgan fingerprint density at radius 3 is 2.42 bits per heavy atom. The van der Waals surface area contributed by atoms with E-state index in [9.17, 15) is 13.6 Å². The number of carbonyl (C=O) groups is 1. The summed E-state index contributed by atoms with van der Waals surface area (Å²) in [7, 11) is 0. The largest absolute Gasteiger partial charge is 0.481 e. The Morgan fingerprint density at radius 2 is 2.17 bits per heavy atom. The van der Waals surface area contributed by atoms with Crippen molar-refractivity contribution in [1.82, 2.24) is 0 Å². The van der Waals surface area contributed by atoms with Crippen LogP contribution >= 0.6 is 0 Å². The van der Waals surface area contributed by atoms with E-state index in [0.717, 1.165) is 0 Å². The van der Waals surface area contributed by atoms with E-state index < -0.39 is 24.0 Å². The number of rotatable bonds is 1. The molecule has 3 nitrogen and oxygen atoms in total. The molecule has 1 saturated carbocycles. The van der Waals surface area contributed by atoms with Gasteiger partial charge in [-0.2, -0.15) is 8.78 Å². The minimum absolute atomic E-state index is 0.0498. The summed E-state index contributed by atoms with van der Waals surface area (Å²) in [5.41, 5.74) is 3.38. The standard InChI is InChI=1S/C7H9F2NO2/c8-6(9)4-1-3(7(11)12)2-5(4)10/h3,5H,1-2,10H2,(H,11,12)/p+1/t3-,5-/m0/s1. The second-order valence-corrected chi connectivity index (χ2v) is 2.96. The lowest BCUT2D eigenvalue weighted by Crippen LogP contribution is -2.60. The molecular formula is C7H10F2NO2+. The van der Waals surface area contributed by atoms with E-state index in [1.54, 1.807) is 0 Å². The highest BCUT2D eigenvalue weighted by molar-refractivity contribution is 5.71. The van der Waals surface area contributed by atoms with Gasteiger partial charge in [0.05, 0.1) is 11.5 Å². The lowest BCUT2D eigenvalue weighted by atomic mass is 10.1. The Hall–Kier alpha value is -0.970. The molecule has 2 atom stereocenters. The third kappa shape index (κ3) is 1.61. The SMILES string of the molecule is [NH3+][C@H]1C[C@@H](C(=O)O)CC1=C(F)F. The van der Waals surface area contributed by atoms with Crippen LogP contribution in [0, 0.1) is 5.92 Å². The molecular weight excluding hydrogens is 168 g/mol. The molecule has 1 aliphatic carbocycles. The summed E-state index contributed by atoms with van der Waals surface area (Å²) in [4.78, 5) is 10.4.